The monoisotopic (exact) mass is 243 g/mol. The smallest absolute Gasteiger partial charge is 0.249 e. The van der Waals surface area contributed by atoms with Gasteiger partial charge in [0, 0.05) is 31.8 Å². The van der Waals surface area contributed by atoms with Crippen LogP contribution in [-0.2, 0) is 4.79 Å². The molecule has 0 aromatic heterocycles. The maximum Gasteiger partial charge on any atom is 0.249 e. The Morgan fingerprint density at radius 1 is 1.12 bits per heavy atom. The summed E-state index contributed by atoms with van der Waals surface area (Å²) in [5.41, 5.74) is 0. The van der Waals surface area contributed by atoms with E-state index in [0.717, 1.165) is 25.4 Å². The van der Waals surface area contributed by atoms with Gasteiger partial charge in [-0.2, -0.15) is 0 Å². The summed E-state index contributed by atoms with van der Waals surface area (Å²) < 4.78 is 25.5. The summed E-state index contributed by atoms with van der Waals surface area (Å²) in [5.74, 6) is -1.53. The van der Waals surface area contributed by atoms with E-state index < -0.39 is 11.8 Å². The highest BCUT2D eigenvalue weighted by atomic mass is 19.3. The van der Waals surface area contributed by atoms with Crippen molar-refractivity contribution in [3.05, 3.63) is 0 Å². The van der Waals surface area contributed by atoms with Gasteiger partial charge in [0.15, 0.2) is 0 Å². The van der Waals surface area contributed by atoms with Crippen molar-refractivity contribution >= 4 is 5.91 Å². The molecule has 17 heavy (non-hydrogen) atoms. The first kappa shape index (κ1) is 11.4. The van der Waals surface area contributed by atoms with Gasteiger partial charge in [0.2, 0.25) is 11.8 Å². The fourth-order valence-electron chi connectivity index (χ4n) is 3.26. The summed E-state index contributed by atoms with van der Waals surface area (Å²) in [5, 5.41) is 0. The third-order valence-corrected chi connectivity index (χ3v) is 4.50. The van der Waals surface area contributed by atoms with Crippen LogP contribution in [0.25, 0.3) is 0 Å². The molecule has 0 aromatic rings. The van der Waals surface area contributed by atoms with Crippen LogP contribution in [0.5, 0.6) is 0 Å². The van der Waals surface area contributed by atoms with Crippen molar-refractivity contribution in [1.82, 2.24) is 4.90 Å². The van der Waals surface area contributed by atoms with Gasteiger partial charge in [0.1, 0.15) is 0 Å². The Morgan fingerprint density at radius 2 is 1.82 bits per heavy atom. The van der Waals surface area contributed by atoms with Gasteiger partial charge in [-0.05, 0) is 37.5 Å². The molecule has 0 radical (unpaired) electrons. The normalized spacial score (nSPS) is 33.3. The molecule has 2 saturated carbocycles. The third-order valence-electron chi connectivity index (χ3n) is 4.50. The maximum absolute atomic E-state index is 12.8. The molecule has 0 spiro atoms. The topological polar surface area (TPSA) is 20.3 Å². The summed E-state index contributed by atoms with van der Waals surface area (Å²) in [6.07, 6.45) is 4.42. The number of carbonyl (C=O) groups excluding carboxylic acids is 1. The average Bonchev–Trinajstić information content (AvgIpc) is 3.09. The van der Waals surface area contributed by atoms with E-state index in [4.69, 9.17) is 0 Å². The predicted octanol–water partition coefficient (Wildman–Crippen LogP) is 2.68. The molecule has 1 saturated heterocycles. The number of amides is 1. The minimum atomic E-state index is -2.58. The van der Waals surface area contributed by atoms with Crippen LogP contribution in [0.3, 0.4) is 0 Å². The zero-order chi connectivity index (χ0) is 12.0. The van der Waals surface area contributed by atoms with E-state index in [1.54, 1.807) is 0 Å². The second-order valence-corrected chi connectivity index (χ2v) is 5.99. The first-order chi connectivity index (χ1) is 8.05. The van der Waals surface area contributed by atoms with Gasteiger partial charge in [0.05, 0.1) is 0 Å². The molecule has 3 fully saturated rings. The lowest BCUT2D eigenvalue weighted by Crippen LogP contribution is -2.49. The molecule has 1 aliphatic heterocycles. The second kappa shape index (κ2) is 3.92. The summed E-state index contributed by atoms with van der Waals surface area (Å²) in [6, 6.07) is 0. The van der Waals surface area contributed by atoms with Gasteiger partial charge in [-0.25, -0.2) is 8.78 Å². The molecule has 3 rings (SSSR count). The first-order valence-electron chi connectivity index (χ1n) is 6.72. The standard InChI is InChI=1S/C13H19F2NO/c14-13(15)6-11(7-13)12(17)16-5-1-2-10(8-16)9-3-4-9/h9-11H,1-8H2. The van der Waals surface area contributed by atoms with Crippen LogP contribution in [0.4, 0.5) is 8.78 Å². The fraction of sp³-hybridized carbons (Fsp3) is 0.923. The fourth-order valence-corrected chi connectivity index (χ4v) is 3.26. The number of carbonyl (C=O) groups is 1. The van der Waals surface area contributed by atoms with Crippen LogP contribution >= 0.6 is 0 Å². The number of piperidine rings is 1. The van der Waals surface area contributed by atoms with Crippen molar-refractivity contribution in [2.75, 3.05) is 13.1 Å². The molecule has 1 atom stereocenters. The van der Waals surface area contributed by atoms with Gasteiger partial charge < -0.3 is 4.90 Å². The number of likely N-dealkylation sites (tertiary alicyclic amines) is 1. The van der Waals surface area contributed by atoms with E-state index in [2.05, 4.69) is 0 Å². The molecule has 4 heteroatoms. The largest absolute Gasteiger partial charge is 0.342 e. The lowest BCUT2D eigenvalue weighted by molar-refractivity contribution is -0.161. The second-order valence-electron chi connectivity index (χ2n) is 5.99. The van der Waals surface area contributed by atoms with Crippen LogP contribution < -0.4 is 0 Å². The molecular formula is C13H19F2NO. The highest BCUT2D eigenvalue weighted by Crippen LogP contribution is 2.45. The van der Waals surface area contributed by atoms with Gasteiger partial charge >= 0.3 is 0 Å². The van der Waals surface area contributed by atoms with Crippen LogP contribution in [-0.4, -0.2) is 29.8 Å². The molecule has 2 nitrogen and oxygen atoms in total. The quantitative estimate of drug-likeness (QED) is 0.730. The number of alkyl halides is 2. The van der Waals surface area contributed by atoms with E-state index in [1.165, 1.54) is 19.3 Å². The third kappa shape index (κ3) is 2.31. The number of hydrogen-bond acceptors (Lipinski definition) is 1. The molecule has 0 bridgehead atoms. The lowest BCUT2D eigenvalue weighted by Gasteiger charge is -2.40. The number of rotatable bonds is 2. The number of halogens is 2. The van der Waals surface area contributed by atoms with Crippen molar-refractivity contribution in [2.45, 2.75) is 44.4 Å². The lowest BCUT2D eigenvalue weighted by atomic mass is 9.79. The number of hydrogen-bond donors (Lipinski definition) is 0. The van der Waals surface area contributed by atoms with Crippen molar-refractivity contribution < 1.29 is 13.6 Å². The molecule has 1 heterocycles. The van der Waals surface area contributed by atoms with Crippen molar-refractivity contribution in [2.24, 2.45) is 17.8 Å². The molecule has 0 aromatic carbocycles. The van der Waals surface area contributed by atoms with Crippen molar-refractivity contribution in [3.63, 3.8) is 0 Å². The van der Waals surface area contributed by atoms with E-state index in [1.807, 2.05) is 4.90 Å². The Kier molecular flexibility index (Phi) is 2.64. The molecule has 2 aliphatic carbocycles. The van der Waals surface area contributed by atoms with E-state index in [9.17, 15) is 13.6 Å². The maximum atomic E-state index is 12.8. The Balaban J connectivity index is 1.55. The van der Waals surface area contributed by atoms with Gasteiger partial charge in [-0.1, -0.05) is 0 Å². The van der Waals surface area contributed by atoms with Crippen LogP contribution in [0.2, 0.25) is 0 Å². The van der Waals surface area contributed by atoms with Gasteiger partial charge in [-0.3, -0.25) is 4.79 Å². The van der Waals surface area contributed by atoms with Crippen molar-refractivity contribution in [3.8, 4) is 0 Å². The Morgan fingerprint density at radius 3 is 2.41 bits per heavy atom. The van der Waals surface area contributed by atoms with Crippen LogP contribution in [0, 0.1) is 17.8 Å². The Bertz CT molecular complexity index is 319. The highest BCUT2D eigenvalue weighted by Gasteiger charge is 2.50. The zero-order valence-corrected chi connectivity index (χ0v) is 10.0. The van der Waals surface area contributed by atoms with Crippen LogP contribution in [0.1, 0.15) is 38.5 Å². The van der Waals surface area contributed by atoms with Gasteiger partial charge in [-0.15, -0.1) is 0 Å². The van der Waals surface area contributed by atoms with Crippen LogP contribution in [0.15, 0.2) is 0 Å². The molecule has 1 unspecified atom stereocenters. The van der Waals surface area contributed by atoms with Gasteiger partial charge in [0.25, 0.3) is 0 Å². The predicted molar refractivity (Wildman–Crippen MR) is 59.7 cm³/mol. The minimum absolute atomic E-state index is 0.0127. The summed E-state index contributed by atoms with van der Waals surface area (Å²) in [7, 11) is 0. The molecule has 1 amide bonds. The zero-order valence-electron chi connectivity index (χ0n) is 10.0. The average molecular weight is 243 g/mol. The number of nitrogens with zero attached hydrogens (tertiary/aromatic N) is 1. The summed E-state index contributed by atoms with van der Waals surface area (Å²) in [6.45, 7) is 1.61. The summed E-state index contributed by atoms with van der Waals surface area (Å²) >= 11 is 0. The van der Waals surface area contributed by atoms with E-state index in [0.29, 0.717) is 5.92 Å². The molecule has 3 aliphatic rings. The molecular weight excluding hydrogens is 224 g/mol. The minimum Gasteiger partial charge on any atom is -0.342 e. The van der Waals surface area contributed by atoms with E-state index >= 15 is 0 Å². The SMILES string of the molecule is O=C(C1CC(F)(F)C1)N1CCCC(C2CC2)C1. The Labute approximate surface area is 100 Å². The summed E-state index contributed by atoms with van der Waals surface area (Å²) in [4.78, 5) is 13.9. The highest BCUT2D eigenvalue weighted by molar-refractivity contribution is 5.80. The van der Waals surface area contributed by atoms with Crippen molar-refractivity contribution in [1.29, 1.82) is 0 Å². The van der Waals surface area contributed by atoms with E-state index in [-0.39, 0.29) is 18.7 Å². The first-order valence-corrected chi connectivity index (χ1v) is 6.72. The molecule has 0 N–H and O–H groups in total. The molecule has 96 valence electrons. The Hall–Kier alpha value is -0.670.